The third kappa shape index (κ3) is 5.13. The van der Waals surface area contributed by atoms with Gasteiger partial charge in [0.25, 0.3) is 0 Å². The zero-order valence-electron chi connectivity index (χ0n) is 16.9. The van der Waals surface area contributed by atoms with Gasteiger partial charge in [0.1, 0.15) is 5.75 Å². The van der Waals surface area contributed by atoms with Crippen molar-refractivity contribution in [2.24, 2.45) is 0 Å². The molecule has 2 N–H and O–H groups in total. The summed E-state index contributed by atoms with van der Waals surface area (Å²) >= 11 is 0. The van der Waals surface area contributed by atoms with Gasteiger partial charge in [-0.2, -0.15) is 0 Å². The van der Waals surface area contributed by atoms with E-state index in [2.05, 4.69) is 24.0 Å². The number of phenolic OH excluding ortho intramolecular Hbond substituents is 1. The Morgan fingerprint density at radius 2 is 1.68 bits per heavy atom. The van der Waals surface area contributed by atoms with Crippen LogP contribution in [0.2, 0.25) is 0 Å². The van der Waals surface area contributed by atoms with Crippen LogP contribution in [0.1, 0.15) is 49.7 Å². The van der Waals surface area contributed by atoms with Crippen LogP contribution in [0, 0.1) is 0 Å². The zero-order valence-corrected chi connectivity index (χ0v) is 16.9. The summed E-state index contributed by atoms with van der Waals surface area (Å²) in [5.41, 5.74) is 1.05. The number of unbranched alkanes of at least 4 members (excludes halogenated alkanes) is 2. The Morgan fingerprint density at radius 3 is 2.32 bits per heavy atom. The van der Waals surface area contributed by atoms with Gasteiger partial charge in [0.2, 0.25) is 0 Å². The highest BCUT2D eigenvalue weighted by atomic mass is 16.5. The molecule has 0 saturated carbocycles. The minimum atomic E-state index is -0.984. The smallest absolute Gasteiger partial charge is 0.115 e. The topological polar surface area (TPSA) is 52.9 Å². The van der Waals surface area contributed by atoms with Crippen molar-refractivity contribution in [3.63, 3.8) is 0 Å². The van der Waals surface area contributed by atoms with Gasteiger partial charge >= 0.3 is 0 Å². The molecule has 4 nitrogen and oxygen atoms in total. The van der Waals surface area contributed by atoms with E-state index in [1.807, 2.05) is 30.3 Å². The van der Waals surface area contributed by atoms with E-state index in [4.69, 9.17) is 4.74 Å². The van der Waals surface area contributed by atoms with Crippen molar-refractivity contribution in [1.82, 2.24) is 4.90 Å². The summed E-state index contributed by atoms with van der Waals surface area (Å²) in [5, 5.41) is 21.9. The first kappa shape index (κ1) is 20.8. The van der Waals surface area contributed by atoms with Gasteiger partial charge in [-0.05, 0) is 29.7 Å². The van der Waals surface area contributed by atoms with Crippen LogP contribution in [0.4, 0.5) is 0 Å². The fourth-order valence-corrected chi connectivity index (χ4v) is 4.17. The molecule has 2 aromatic rings. The van der Waals surface area contributed by atoms with Gasteiger partial charge in [0.05, 0.1) is 18.8 Å². The summed E-state index contributed by atoms with van der Waals surface area (Å²) < 4.78 is 5.52. The molecule has 152 valence electrons. The fraction of sp³-hybridized carbons (Fsp3) is 0.500. The Hall–Kier alpha value is -1.88. The van der Waals surface area contributed by atoms with Crippen LogP contribution in [0.15, 0.2) is 54.6 Å². The molecule has 0 aromatic heterocycles. The maximum Gasteiger partial charge on any atom is 0.115 e. The predicted octanol–water partition coefficient (Wildman–Crippen LogP) is 4.28. The summed E-state index contributed by atoms with van der Waals surface area (Å²) in [6.45, 7) is 6.25. The average molecular weight is 384 g/mol. The summed E-state index contributed by atoms with van der Waals surface area (Å²) in [7, 11) is 0. The molecule has 0 radical (unpaired) electrons. The zero-order chi connectivity index (χ0) is 19.8. The Kier molecular flexibility index (Phi) is 7.49. The highest BCUT2D eigenvalue weighted by molar-refractivity contribution is 5.35. The summed E-state index contributed by atoms with van der Waals surface area (Å²) in [6, 6.07) is 17.5. The Morgan fingerprint density at radius 1 is 1.00 bits per heavy atom. The number of phenols is 1. The molecule has 0 bridgehead atoms. The highest BCUT2D eigenvalue weighted by Crippen LogP contribution is 2.42. The monoisotopic (exact) mass is 383 g/mol. The van der Waals surface area contributed by atoms with Crippen LogP contribution >= 0.6 is 0 Å². The summed E-state index contributed by atoms with van der Waals surface area (Å²) in [4.78, 5) is 2.40. The van der Waals surface area contributed by atoms with Crippen LogP contribution in [0.3, 0.4) is 0 Å². The molecular formula is C24H33NO3. The molecule has 4 heteroatoms. The maximum absolute atomic E-state index is 12.1. The maximum atomic E-state index is 12.1. The lowest BCUT2D eigenvalue weighted by Gasteiger charge is -2.41. The van der Waals surface area contributed by atoms with Gasteiger partial charge < -0.3 is 14.9 Å². The first-order chi connectivity index (χ1) is 13.6. The molecule has 28 heavy (non-hydrogen) atoms. The number of morpholine rings is 1. The van der Waals surface area contributed by atoms with Crippen molar-refractivity contribution in [3.8, 4) is 5.75 Å². The predicted molar refractivity (Wildman–Crippen MR) is 113 cm³/mol. The number of benzene rings is 2. The molecule has 1 aliphatic heterocycles. The highest BCUT2D eigenvalue weighted by Gasteiger charge is 2.40. The molecule has 1 saturated heterocycles. The van der Waals surface area contributed by atoms with Gasteiger partial charge in [-0.15, -0.1) is 0 Å². The summed E-state index contributed by atoms with van der Waals surface area (Å²) in [5.74, 6) is 0.178. The van der Waals surface area contributed by atoms with Gasteiger partial charge in [-0.1, -0.05) is 68.7 Å². The van der Waals surface area contributed by atoms with Crippen LogP contribution < -0.4 is 0 Å². The number of hydrogen-bond donors (Lipinski definition) is 2. The van der Waals surface area contributed by atoms with Crippen molar-refractivity contribution in [1.29, 1.82) is 0 Å². The third-order valence-corrected chi connectivity index (χ3v) is 5.85. The molecule has 2 aromatic carbocycles. The second-order valence-electron chi connectivity index (χ2n) is 7.80. The second-order valence-corrected chi connectivity index (χ2v) is 7.80. The minimum Gasteiger partial charge on any atom is -0.508 e. The molecule has 0 aliphatic carbocycles. The molecule has 3 rings (SSSR count). The number of rotatable bonds is 9. The van der Waals surface area contributed by atoms with Gasteiger partial charge in [-0.3, -0.25) is 4.90 Å². The lowest BCUT2D eigenvalue weighted by Crippen LogP contribution is -2.45. The average Bonchev–Trinajstić information content (AvgIpc) is 2.74. The first-order valence-corrected chi connectivity index (χ1v) is 10.5. The van der Waals surface area contributed by atoms with E-state index < -0.39 is 5.60 Å². The van der Waals surface area contributed by atoms with Crippen LogP contribution in [-0.4, -0.2) is 48.0 Å². The lowest BCUT2D eigenvalue weighted by molar-refractivity contribution is -0.0295. The quantitative estimate of drug-likeness (QED) is 0.635. The van der Waals surface area contributed by atoms with E-state index in [0.717, 1.165) is 63.2 Å². The molecule has 1 heterocycles. The van der Waals surface area contributed by atoms with Gasteiger partial charge in [0, 0.05) is 25.6 Å². The van der Waals surface area contributed by atoms with Crippen molar-refractivity contribution < 1.29 is 14.9 Å². The van der Waals surface area contributed by atoms with Crippen molar-refractivity contribution in [2.45, 2.75) is 44.1 Å². The van der Waals surface area contributed by atoms with Crippen LogP contribution in [0.5, 0.6) is 5.75 Å². The largest absolute Gasteiger partial charge is 0.508 e. The molecule has 2 atom stereocenters. The first-order valence-electron chi connectivity index (χ1n) is 10.5. The Balaban J connectivity index is 1.97. The van der Waals surface area contributed by atoms with Gasteiger partial charge in [0.15, 0.2) is 0 Å². The minimum absolute atomic E-state index is 0.0480. The standard InChI is InChI=1S/C24H33NO3/c1-2-3-7-14-24(27,21-10-12-22(26)13-11-21)23(20-8-5-4-6-9-20)19-25-15-17-28-18-16-25/h4-6,8-13,23,26-27H,2-3,7,14-19H2,1H3/t23-,24+/m0/s1. The molecular weight excluding hydrogens is 350 g/mol. The Labute approximate surface area is 168 Å². The number of hydrogen-bond acceptors (Lipinski definition) is 4. The van der Waals surface area contributed by atoms with Gasteiger partial charge in [-0.25, -0.2) is 0 Å². The number of aliphatic hydroxyl groups is 1. The van der Waals surface area contributed by atoms with E-state index >= 15 is 0 Å². The summed E-state index contributed by atoms with van der Waals surface area (Å²) in [6.07, 6.45) is 3.89. The molecule has 0 amide bonds. The van der Waals surface area contributed by atoms with E-state index in [9.17, 15) is 10.2 Å². The van der Waals surface area contributed by atoms with Crippen LogP contribution in [0.25, 0.3) is 0 Å². The second kappa shape index (κ2) is 10.1. The molecule has 1 fully saturated rings. The number of ether oxygens (including phenoxy) is 1. The van der Waals surface area contributed by atoms with Crippen molar-refractivity contribution in [2.75, 3.05) is 32.8 Å². The van der Waals surface area contributed by atoms with Crippen molar-refractivity contribution >= 4 is 0 Å². The Bertz CT molecular complexity index is 698. The fourth-order valence-electron chi connectivity index (χ4n) is 4.17. The SMILES string of the molecule is CCCCC[C@@](O)(c1ccc(O)cc1)[C@@H](CN1CCOCC1)c1ccccc1. The molecule has 1 aliphatic rings. The number of aromatic hydroxyl groups is 1. The molecule has 0 unspecified atom stereocenters. The van der Waals surface area contributed by atoms with E-state index in [-0.39, 0.29) is 11.7 Å². The molecule has 0 spiro atoms. The third-order valence-electron chi connectivity index (χ3n) is 5.85. The number of nitrogens with zero attached hydrogens (tertiary/aromatic N) is 1. The van der Waals surface area contributed by atoms with E-state index in [0.29, 0.717) is 6.42 Å². The van der Waals surface area contributed by atoms with E-state index in [1.165, 1.54) is 0 Å². The van der Waals surface area contributed by atoms with Crippen molar-refractivity contribution in [3.05, 3.63) is 65.7 Å². The lowest BCUT2D eigenvalue weighted by atomic mass is 9.74. The van der Waals surface area contributed by atoms with E-state index in [1.54, 1.807) is 12.1 Å². The van der Waals surface area contributed by atoms with Crippen LogP contribution in [-0.2, 0) is 10.3 Å². The normalized spacial score (nSPS) is 18.5.